The fourth-order valence-electron chi connectivity index (χ4n) is 1.84. The van der Waals surface area contributed by atoms with Gasteiger partial charge in [-0.1, -0.05) is 19.1 Å². The highest BCUT2D eigenvalue weighted by Crippen LogP contribution is 2.17. The molecule has 0 aromatic heterocycles. The molecule has 0 aliphatic rings. The van der Waals surface area contributed by atoms with Gasteiger partial charge in [-0.15, -0.1) is 0 Å². The molecule has 0 radical (unpaired) electrons. The Morgan fingerprint density at radius 3 is 2.41 bits per heavy atom. The summed E-state index contributed by atoms with van der Waals surface area (Å²) in [7, 11) is 0. The van der Waals surface area contributed by atoms with Crippen molar-refractivity contribution in [2.45, 2.75) is 13.3 Å². The molecule has 5 heteroatoms. The second-order valence-corrected chi connectivity index (χ2v) is 5.78. The van der Waals surface area contributed by atoms with Gasteiger partial charge >= 0.3 is 0 Å². The zero-order valence-electron chi connectivity index (χ0n) is 12.1. The molecule has 0 unspecified atom stereocenters. The average Bonchev–Trinajstić information content (AvgIpc) is 2.55. The second kappa shape index (κ2) is 7.93. The summed E-state index contributed by atoms with van der Waals surface area (Å²) in [4.78, 5) is 23.4. The van der Waals surface area contributed by atoms with E-state index in [1.807, 2.05) is 31.2 Å². The number of ketones is 1. The summed E-state index contributed by atoms with van der Waals surface area (Å²) < 4.78 is 6.39. The minimum Gasteiger partial charge on any atom is -0.484 e. The van der Waals surface area contributed by atoms with Gasteiger partial charge in [0, 0.05) is 15.6 Å². The number of ether oxygens (including phenoxy) is 1. The van der Waals surface area contributed by atoms with E-state index < -0.39 is 0 Å². The number of rotatable bonds is 6. The predicted molar refractivity (Wildman–Crippen MR) is 94.3 cm³/mol. The zero-order valence-corrected chi connectivity index (χ0v) is 14.3. The van der Waals surface area contributed by atoms with Crippen molar-refractivity contribution in [3.8, 4) is 5.75 Å². The van der Waals surface area contributed by atoms with E-state index in [2.05, 4.69) is 27.9 Å². The molecule has 1 N–H and O–H groups in total. The van der Waals surface area contributed by atoms with Crippen molar-refractivity contribution < 1.29 is 14.3 Å². The Hall–Kier alpha value is -1.89. The van der Waals surface area contributed by atoms with Crippen LogP contribution in [0.4, 0.5) is 5.69 Å². The highest BCUT2D eigenvalue weighted by Gasteiger charge is 2.07. The van der Waals surface area contributed by atoms with Gasteiger partial charge in [0.2, 0.25) is 0 Å². The SMILES string of the molecule is CCC(=O)c1ccc(OCC(=O)Nc2ccccc2I)cc1. The molecule has 0 fully saturated rings. The van der Waals surface area contributed by atoms with Crippen molar-refractivity contribution in [1.82, 2.24) is 0 Å². The first-order valence-corrected chi connectivity index (χ1v) is 7.98. The van der Waals surface area contributed by atoms with Crippen LogP contribution >= 0.6 is 22.6 Å². The third-order valence-electron chi connectivity index (χ3n) is 3.02. The molecule has 0 saturated heterocycles. The monoisotopic (exact) mass is 409 g/mol. The van der Waals surface area contributed by atoms with E-state index >= 15 is 0 Å². The van der Waals surface area contributed by atoms with Gasteiger partial charge in [0.25, 0.3) is 5.91 Å². The minimum atomic E-state index is -0.224. The van der Waals surface area contributed by atoms with Crippen LogP contribution in [0.15, 0.2) is 48.5 Å². The molecule has 4 nitrogen and oxygen atoms in total. The van der Waals surface area contributed by atoms with Crippen molar-refractivity contribution in [3.05, 3.63) is 57.7 Å². The molecule has 114 valence electrons. The highest BCUT2D eigenvalue weighted by atomic mass is 127. The van der Waals surface area contributed by atoms with Crippen LogP contribution in [0.1, 0.15) is 23.7 Å². The zero-order chi connectivity index (χ0) is 15.9. The van der Waals surface area contributed by atoms with Crippen LogP contribution in [0.5, 0.6) is 5.75 Å². The van der Waals surface area contributed by atoms with Gasteiger partial charge in [0.05, 0.1) is 5.69 Å². The van der Waals surface area contributed by atoms with Gasteiger partial charge in [0.1, 0.15) is 5.75 Å². The number of carbonyl (C=O) groups excluding carboxylic acids is 2. The van der Waals surface area contributed by atoms with Crippen molar-refractivity contribution in [2.75, 3.05) is 11.9 Å². The van der Waals surface area contributed by atoms with Crippen LogP contribution in [-0.4, -0.2) is 18.3 Å². The Morgan fingerprint density at radius 1 is 1.09 bits per heavy atom. The van der Waals surface area contributed by atoms with Gasteiger partial charge in [-0.2, -0.15) is 0 Å². The van der Waals surface area contributed by atoms with Gasteiger partial charge < -0.3 is 10.1 Å². The maximum absolute atomic E-state index is 11.9. The standard InChI is InChI=1S/C17H16INO3/c1-2-16(20)12-7-9-13(10-8-12)22-11-17(21)19-15-6-4-3-5-14(15)18/h3-10H,2,11H2,1H3,(H,19,21). The molecule has 0 aliphatic heterocycles. The first-order chi connectivity index (χ1) is 10.6. The molecule has 1 amide bonds. The van der Waals surface area contributed by atoms with Crippen LogP contribution in [0.2, 0.25) is 0 Å². The van der Waals surface area contributed by atoms with Crippen molar-refractivity contribution in [2.24, 2.45) is 0 Å². The van der Waals surface area contributed by atoms with Gasteiger partial charge in [-0.25, -0.2) is 0 Å². The fraction of sp³-hybridized carbons (Fsp3) is 0.176. The lowest BCUT2D eigenvalue weighted by molar-refractivity contribution is -0.118. The first kappa shape index (κ1) is 16.5. The van der Waals surface area contributed by atoms with E-state index in [1.165, 1.54) is 0 Å². The number of amides is 1. The van der Waals surface area contributed by atoms with Crippen molar-refractivity contribution in [1.29, 1.82) is 0 Å². The summed E-state index contributed by atoms with van der Waals surface area (Å²) in [6.45, 7) is 1.74. The van der Waals surface area contributed by atoms with E-state index in [-0.39, 0.29) is 18.3 Å². The molecule has 0 aliphatic carbocycles. The topological polar surface area (TPSA) is 55.4 Å². The summed E-state index contributed by atoms with van der Waals surface area (Å²) in [5, 5.41) is 2.79. The third-order valence-corrected chi connectivity index (χ3v) is 3.96. The molecule has 22 heavy (non-hydrogen) atoms. The molecule has 2 aromatic carbocycles. The van der Waals surface area contributed by atoms with E-state index in [9.17, 15) is 9.59 Å². The first-order valence-electron chi connectivity index (χ1n) is 6.90. The number of nitrogens with one attached hydrogen (secondary N) is 1. The smallest absolute Gasteiger partial charge is 0.262 e. The fourth-order valence-corrected chi connectivity index (χ4v) is 2.36. The van der Waals surface area contributed by atoms with Gasteiger partial charge in [-0.3, -0.25) is 9.59 Å². The Kier molecular flexibility index (Phi) is 5.94. The van der Waals surface area contributed by atoms with E-state index in [1.54, 1.807) is 24.3 Å². The lowest BCUT2D eigenvalue weighted by Gasteiger charge is -2.09. The predicted octanol–water partition coefficient (Wildman–Crippen LogP) is 3.90. The van der Waals surface area contributed by atoms with Gasteiger partial charge in [-0.05, 0) is 59.0 Å². The quantitative estimate of drug-likeness (QED) is 0.582. The Balaban J connectivity index is 1.89. The third kappa shape index (κ3) is 4.56. The molecule has 0 atom stereocenters. The molecule has 0 spiro atoms. The number of carbonyl (C=O) groups is 2. The minimum absolute atomic E-state index is 0.0773. The number of halogens is 1. The molecule has 2 aromatic rings. The molecular formula is C17H16INO3. The van der Waals surface area contributed by atoms with E-state index in [0.717, 1.165) is 9.26 Å². The summed E-state index contributed by atoms with van der Waals surface area (Å²) >= 11 is 2.16. The largest absolute Gasteiger partial charge is 0.484 e. The van der Waals surface area contributed by atoms with Gasteiger partial charge in [0.15, 0.2) is 12.4 Å². The Morgan fingerprint density at radius 2 is 1.77 bits per heavy atom. The Bertz CT molecular complexity index is 668. The summed E-state index contributed by atoms with van der Waals surface area (Å²) in [5.74, 6) is 0.423. The molecule has 0 bridgehead atoms. The maximum atomic E-state index is 11.9. The van der Waals surface area contributed by atoms with Crippen molar-refractivity contribution >= 4 is 40.0 Å². The number of hydrogen-bond acceptors (Lipinski definition) is 3. The Labute approximate surface area is 143 Å². The molecule has 0 heterocycles. The normalized spacial score (nSPS) is 10.1. The number of hydrogen-bond donors (Lipinski definition) is 1. The number of anilines is 1. The number of benzene rings is 2. The number of Topliss-reactive ketones (excluding diaryl/α,β-unsaturated/α-hetero) is 1. The summed E-state index contributed by atoms with van der Waals surface area (Å²) in [6.07, 6.45) is 0.471. The van der Waals surface area contributed by atoms with Crippen LogP contribution in [0.25, 0.3) is 0 Å². The van der Waals surface area contributed by atoms with E-state index in [4.69, 9.17) is 4.74 Å². The lowest BCUT2D eigenvalue weighted by atomic mass is 10.1. The van der Waals surface area contributed by atoms with Crippen LogP contribution in [0, 0.1) is 3.57 Å². The number of para-hydroxylation sites is 1. The van der Waals surface area contributed by atoms with E-state index in [0.29, 0.717) is 17.7 Å². The lowest BCUT2D eigenvalue weighted by Crippen LogP contribution is -2.20. The highest BCUT2D eigenvalue weighted by molar-refractivity contribution is 14.1. The van der Waals surface area contributed by atoms with Crippen LogP contribution in [0.3, 0.4) is 0 Å². The summed E-state index contributed by atoms with van der Waals surface area (Å²) in [5.41, 5.74) is 1.42. The molecule has 2 rings (SSSR count). The second-order valence-electron chi connectivity index (χ2n) is 4.62. The van der Waals surface area contributed by atoms with Crippen LogP contribution in [-0.2, 0) is 4.79 Å². The average molecular weight is 409 g/mol. The summed E-state index contributed by atoms with van der Waals surface area (Å²) in [6, 6.07) is 14.3. The van der Waals surface area contributed by atoms with Crippen LogP contribution < -0.4 is 10.1 Å². The molecule has 0 saturated carbocycles. The molecular weight excluding hydrogens is 393 g/mol. The maximum Gasteiger partial charge on any atom is 0.262 e. The van der Waals surface area contributed by atoms with Crippen molar-refractivity contribution in [3.63, 3.8) is 0 Å².